The largest absolute Gasteiger partial charge is 0.455 e. The first kappa shape index (κ1) is 28.5. The second kappa shape index (κ2) is 11.3. The zero-order chi connectivity index (χ0) is 33.2. The number of benzene rings is 7. The van der Waals surface area contributed by atoms with Gasteiger partial charge in [-0.05, 0) is 59.2 Å². The number of rotatable bonds is 5. The number of fused-ring (bicyclic) bond motifs is 7. The van der Waals surface area contributed by atoms with E-state index in [1.165, 1.54) is 10.9 Å². The fraction of sp³-hybridized carbons (Fsp3) is 0.0435. The maximum atomic E-state index is 6.43. The molecule has 50 heavy (non-hydrogen) atoms. The lowest BCUT2D eigenvalue weighted by Crippen LogP contribution is -2.00. The van der Waals surface area contributed by atoms with Crippen LogP contribution in [0.1, 0.15) is 12.7 Å². The van der Waals surface area contributed by atoms with Gasteiger partial charge < -0.3 is 4.42 Å². The molecule has 3 aromatic heterocycles. The minimum absolute atomic E-state index is 0.852. The van der Waals surface area contributed by atoms with E-state index in [0.717, 1.165) is 95.1 Å². The zero-order valence-electron chi connectivity index (χ0n) is 27.5. The summed E-state index contributed by atoms with van der Waals surface area (Å²) in [7, 11) is 0. The van der Waals surface area contributed by atoms with Crippen molar-refractivity contribution in [1.82, 2.24) is 14.5 Å². The normalized spacial score (nSPS) is 11.8. The second-order valence-corrected chi connectivity index (χ2v) is 12.8. The molecule has 10 rings (SSSR count). The molecule has 0 bridgehead atoms. The van der Waals surface area contributed by atoms with Crippen LogP contribution in [0.4, 0.5) is 0 Å². The number of pyridine rings is 1. The van der Waals surface area contributed by atoms with Gasteiger partial charge in [0, 0.05) is 50.2 Å². The summed E-state index contributed by atoms with van der Waals surface area (Å²) >= 11 is 0. The first-order valence-corrected chi connectivity index (χ1v) is 17.1. The summed E-state index contributed by atoms with van der Waals surface area (Å²) in [6.45, 7) is 2.16. The van der Waals surface area contributed by atoms with Gasteiger partial charge in [0.05, 0.1) is 22.2 Å². The molecule has 0 aliphatic rings. The molecule has 0 saturated heterocycles. The molecule has 4 heteroatoms. The molecule has 0 spiro atoms. The number of nitrogens with zero attached hydrogens (tertiary/aromatic N) is 3. The molecule has 0 amide bonds. The molecule has 3 heterocycles. The molecule has 0 aliphatic heterocycles. The van der Waals surface area contributed by atoms with Crippen LogP contribution in [0.5, 0.6) is 0 Å². The average molecular weight is 642 g/mol. The summed E-state index contributed by atoms with van der Waals surface area (Å²) < 4.78 is 8.69. The quantitative estimate of drug-likeness (QED) is 0.176. The summed E-state index contributed by atoms with van der Waals surface area (Å²) in [4.78, 5) is 10.2. The predicted octanol–water partition coefficient (Wildman–Crippen LogP) is 12.2. The summed E-state index contributed by atoms with van der Waals surface area (Å²) in [5, 5.41) is 5.73. The van der Waals surface area contributed by atoms with Gasteiger partial charge in [-0.1, -0.05) is 122 Å². The van der Waals surface area contributed by atoms with Crippen LogP contribution < -0.4 is 0 Å². The first-order chi connectivity index (χ1) is 24.7. The van der Waals surface area contributed by atoms with Crippen LogP contribution in [-0.4, -0.2) is 14.5 Å². The lowest BCUT2D eigenvalue weighted by Gasteiger charge is -2.15. The second-order valence-electron chi connectivity index (χ2n) is 12.8. The van der Waals surface area contributed by atoms with Crippen LogP contribution in [-0.2, 0) is 6.42 Å². The lowest BCUT2D eigenvalue weighted by molar-refractivity contribution is 0.670. The van der Waals surface area contributed by atoms with Crippen molar-refractivity contribution in [2.75, 3.05) is 0 Å². The molecule has 0 fully saturated rings. The summed E-state index contributed by atoms with van der Waals surface area (Å²) in [5.41, 5.74) is 12.6. The fourth-order valence-corrected chi connectivity index (χ4v) is 7.66. The number of para-hydroxylation sites is 5. The van der Waals surface area contributed by atoms with Gasteiger partial charge in [0.1, 0.15) is 17.0 Å². The summed E-state index contributed by atoms with van der Waals surface area (Å²) in [6.07, 6.45) is 0.852. The number of aromatic nitrogens is 3. The number of furan rings is 1. The minimum Gasteiger partial charge on any atom is -0.455 e. The Kier molecular flexibility index (Phi) is 6.43. The van der Waals surface area contributed by atoms with Crippen LogP contribution in [0, 0.1) is 0 Å². The minimum atomic E-state index is 0.852. The molecule has 0 N–H and O–H groups in total. The highest BCUT2D eigenvalue weighted by Crippen LogP contribution is 2.41. The van der Waals surface area contributed by atoms with E-state index in [9.17, 15) is 0 Å². The van der Waals surface area contributed by atoms with Crippen LogP contribution in [0.15, 0.2) is 162 Å². The smallest absolute Gasteiger partial charge is 0.143 e. The SMILES string of the molecule is CCc1nc2ccccc2n1-c1ccc(-c2nc3ccccc3c3c(-c4cccc(-c5cccc6c5oc5ccccc56)c4)cccc23)cc1. The van der Waals surface area contributed by atoms with E-state index >= 15 is 0 Å². The Bertz CT molecular complexity index is 2910. The van der Waals surface area contributed by atoms with Gasteiger partial charge in [-0.3, -0.25) is 4.57 Å². The Morgan fingerprint density at radius 3 is 2.02 bits per heavy atom. The molecular weight excluding hydrogens is 611 g/mol. The molecule has 0 aliphatic carbocycles. The Hall–Kier alpha value is -6.52. The van der Waals surface area contributed by atoms with Crippen molar-refractivity contribution in [3.63, 3.8) is 0 Å². The molecule has 0 radical (unpaired) electrons. The highest BCUT2D eigenvalue weighted by molar-refractivity contribution is 6.17. The molecule has 4 nitrogen and oxygen atoms in total. The third-order valence-electron chi connectivity index (χ3n) is 9.96. The Balaban J connectivity index is 1.14. The topological polar surface area (TPSA) is 43.9 Å². The third kappa shape index (κ3) is 4.39. The van der Waals surface area contributed by atoms with Crippen molar-refractivity contribution in [2.45, 2.75) is 13.3 Å². The van der Waals surface area contributed by atoms with E-state index in [-0.39, 0.29) is 0 Å². The average Bonchev–Trinajstić information content (AvgIpc) is 3.76. The van der Waals surface area contributed by atoms with Gasteiger partial charge in [0.15, 0.2) is 0 Å². The van der Waals surface area contributed by atoms with E-state index in [0.29, 0.717) is 0 Å². The molecule has 0 atom stereocenters. The molecule has 0 saturated carbocycles. The van der Waals surface area contributed by atoms with Crippen molar-refractivity contribution in [1.29, 1.82) is 0 Å². The van der Waals surface area contributed by atoms with E-state index in [1.54, 1.807) is 0 Å². The molecular formula is C46H31N3O. The highest BCUT2D eigenvalue weighted by atomic mass is 16.3. The van der Waals surface area contributed by atoms with Crippen LogP contribution >= 0.6 is 0 Å². The van der Waals surface area contributed by atoms with E-state index in [1.807, 2.05) is 18.2 Å². The Morgan fingerprint density at radius 2 is 1.18 bits per heavy atom. The summed E-state index contributed by atoms with van der Waals surface area (Å²) in [5.74, 6) is 1.05. The first-order valence-electron chi connectivity index (χ1n) is 17.1. The number of hydrogen-bond acceptors (Lipinski definition) is 3. The van der Waals surface area contributed by atoms with Crippen molar-refractivity contribution in [3.05, 3.63) is 164 Å². The van der Waals surface area contributed by atoms with E-state index < -0.39 is 0 Å². The monoisotopic (exact) mass is 641 g/mol. The van der Waals surface area contributed by atoms with Crippen molar-refractivity contribution < 1.29 is 4.42 Å². The lowest BCUT2D eigenvalue weighted by atomic mass is 9.91. The van der Waals surface area contributed by atoms with Gasteiger partial charge in [-0.2, -0.15) is 0 Å². The van der Waals surface area contributed by atoms with Crippen molar-refractivity contribution in [3.8, 4) is 39.2 Å². The van der Waals surface area contributed by atoms with Crippen LogP contribution in [0.3, 0.4) is 0 Å². The number of imidazole rings is 1. The highest BCUT2D eigenvalue weighted by Gasteiger charge is 2.17. The molecule has 7 aromatic carbocycles. The van der Waals surface area contributed by atoms with Crippen LogP contribution in [0.25, 0.3) is 93.8 Å². The van der Waals surface area contributed by atoms with Gasteiger partial charge >= 0.3 is 0 Å². The van der Waals surface area contributed by atoms with E-state index in [2.05, 4.69) is 151 Å². The summed E-state index contributed by atoms with van der Waals surface area (Å²) in [6, 6.07) is 55.7. The van der Waals surface area contributed by atoms with Crippen LogP contribution in [0.2, 0.25) is 0 Å². The number of hydrogen-bond donors (Lipinski definition) is 0. The van der Waals surface area contributed by atoms with E-state index in [4.69, 9.17) is 14.4 Å². The van der Waals surface area contributed by atoms with Gasteiger partial charge in [-0.25, -0.2) is 9.97 Å². The maximum absolute atomic E-state index is 6.43. The van der Waals surface area contributed by atoms with Gasteiger partial charge in [-0.15, -0.1) is 0 Å². The Morgan fingerprint density at radius 1 is 0.520 bits per heavy atom. The van der Waals surface area contributed by atoms with Gasteiger partial charge in [0.25, 0.3) is 0 Å². The Labute approximate surface area is 288 Å². The fourth-order valence-electron chi connectivity index (χ4n) is 7.66. The molecule has 236 valence electrons. The molecule has 10 aromatic rings. The molecule has 0 unspecified atom stereocenters. The predicted molar refractivity (Wildman–Crippen MR) is 207 cm³/mol. The standard InChI is InChI=1S/C46H31N3O/c1-2-43-47-40-21-6-7-22-41(40)49(43)32-26-24-29(25-27-32)45-38-19-10-16-33(44(38)37-15-3-5-20-39(37)48-45)30-12-9-13-31(28-30)34-17-11-18-36-35-14-4-8-23-42(35)50-46(34)36/h3-28H,2H2,1H3. The maximum Gasteiger partial charge on any atom is 0.143 e. The van der Waals surface area contributed by atoms with Gasteiger partial charge in [0.2, 0.25) is 0 Å². The number of aryl methyl sites for hydroxylation is 1. The van der Waals surface area contributed by atoms with Crippen molar-refractivity contribution in [2.24, 2.45) is 0 Å². The third-order valence-corrected chi connectivity index (χ3v) is 9.96. The zero-order valence-corrected chi connectivity index (χ0v) is 27.5. The van der Waals surface area contributed by atoms with Crippen molar-refractivity contribution >= 4 is 54.6 Å².